The molecule has 1 fully saturated rings. The minimum absolute atomic E-state index is 0.0208. The van der Waals surface area contributed by atoms with Crippen molar-refractivity contribution in [1.82, 2.24) is 14.4 Å². The molecule has 0 spiro atoms. The number of para-hydroxylation sites is 1. The Morgan fingerprint density at radius 2 is 2.18 bits per heavy atom. The van der Waals surface area contributed by atoms with Gasteiger partial charge in [0.1, 0.15) is 36.5 Å². The number of aromatic nitrogens is 2. The van der Waals surface area contributed by atoms with Crippen molar-refractivity contribution in [1.29, 1.82) is 0 Å². The van der Waals surface area contributed by atoms with Crippen LogP contribution in [0.1, 0.15) is 19.6 Å². The molecule has 1 aliphatic rings. The van der Waals surface area contributed by atoms with Gasteiger partial charge in [0, 0.05) is 12.6 Å². The molecule has 1 aliphatic heterocycles. The fourth-order valence-corrected chi connectivity index (χ4v) is 4.16. The van der Waals surface area contributed by atoms with Gasteiger partial charge in [-0.25, -0.2) is 4.79 Å². The van der Waals surface area contributed by atoms with Crippen LogP contribution in [0.4, 0.5) is 5.82 Å². The first-order valence-corrected chi connectivity index (χ1v) is 11.7. The summed E-state index contributed by atoms with van der Waals surface area (Å²) >= 11 is 0. The van der Waals surface area contributed by atoms with Crippen molar-refractivity contribution in [3.8, 4) is 5.75 Å². The van der Waals surface area contributed by atoms with Gasteiger partial charge in [-0.3, -0.25) is 13.9 Å². The number of hydrogen-bond acceptors (Lipinski definition) is 10. The van der Waals surface area contributed by atoms with Crippen LogP contribution in [0, 0.1) is 0 Å². The first-order valence-electron chi connectivity index (χ1n) is 10.4. The largest absolute Gasteiger partial charge is 0.460 e. The molecule has 1 aromatic carbocycles. The van der Waals surface area contributed by atoms with Crippen LogP contribution in [0.25, 0.3) is 0 Å². The Balaban J connectivity index is 1.66. The molecule has 3 N–H and O–H groups in total. The number of nitrogens with two attached hydrogens (primary N) is 1. The number of aliphatic hydroxyl groups is 1. The van der Waals surface area contributed by atoms with Crippen LogP contribution in [-0.2, 0) is 23.4 Å². The van der Waals surface area contributed by atoms with Gasteiger partial charge in [0.15, 0.2) is 0 Å². The molecule has 2 heterocycles. The normalized spacial score (nSPS) is 21.7. The maximum absolute atomic E-state index is 13.0. The van der Waals surface area contributed by atoms with Crippen LogP contribution >= 0.6 is 8.18 Å². The third-order valence-corrected chi connectivity index (χ3v) is 6.15. The highest BCUT2D eigenvalue weighted by atomic mass is 31.1. The number of esters is 1. The van der Waals surface area contributed by atoms with E-state index >= 15 is 0 Å². The Labute approximate surface area is 196 Å². The van der Waals surface area contributed by atoms with Crippen LogP contribution in [0.2, 0.25) is 0 Å². The minimum Gasteiger partial charge on any atom is -0.460 e. The van der Waals surface area contributed by atoms with E-state index in [-0.39, 0.29) is 25.5 Å². The van der Waals surface area contributed by atoms with Crippen molar-refractivity contribution in [3.63, 3.8) is 0 Å². The molecule has 12 nitrogen and oxygen atoms in total. The van der Waals surface area contributed by atoms with E-state index in [4.69, 9.17) is 24.6 Å². The van der Waals surface area contributed by atoms with Gasteiger partial charge in [0.25, 0.3) is 8.18 Å². The van der Waals surface area contributed by atoms with E-state index in [0.717, 1.165) is 4.83 Å². The minimum atomic E-state index is -3.15. The first-order chi connectivity index (χ1) is 16.3. The topological polar surface area (TPSA) is 155 Å². The van der Waals surface area contributed by atoms with E-state index in [2.05, 4.69) is 11.6 Å². The third-order valence-electron chi connectivity index (χ3n) is 4.90. The van der Waals surface area contributed by atoms with Gasteiger partial charge in [-0.2, -0.15) is 4.98 Å². The molecule has 184 valence electrons. The van der Waals surface area contributed by atoms with Crippen molar-refractivity contribution in [2.24, 2.45) is 0 Å². The second kappa shape index (κ2) is 11.9. The van der Waals surface area contributed by atoms with Gasteiger partial charge in [0.2, 0.25) is 0 Å². The van der Waals surface area contributed by atoms with Gasteiger partial charge >= 0.3 is 11.7 Å². The number of benzene rings is 1. The zero-order chi connectivity index (χ0) is 24.7. The van der Waals surface area contributed by atoms with Crippen molar-refractivity contribution in [3.05, 3.63) is 65.7 Å². The van der Waals surface area contributed by atoms with Gasteiger partial charge in [0.05, 0.1) is 12.7 Å². The van der Waals surface area contributed by atoms with E-state index in [1.165, 1.54) is 29.8 Å². The lowest BCUT2D eigenvalue weighted by atomic mass is 10.2. The number of nitrogen functional groups attached to an aromatic ring is 1. The van der Waals surface area contributed by atoms with Crippen LogP contribution in [-0.4, -0.2) is 56.9 Å². The standard InChI is InChI=1S/C21H27N4O8P/c1-3-11-30-20(27)14(2)25(33-15-7-5-4-6-8-15)34(29)31-13-17-16(26)12-19(32-17)24-10-9-18(22)23-21(24)28/h3-10,14,16-17,19,26,34H,1,11-13H2,2H3,(H2,22,23,28)/t14?,16-,17+,19+/m0/s1. The second-order valence-corrected chi connectivity index (χ2v) is 8.64. The molecular weight excluding hydrogens is 467 g/mol. The number of carbonyl (C=O) groups excluding carboxylic acids is 1. The van der Waals surface area contributed by atoms with Gasteiger partial charge < -0.3 is 29.7 Å². The molecule has 0 saturated carbocycles. The lowest BCUT2D eigenvalue weighted by Gasteiger charge is -2.26. The molecule has 0 aliphatic carbocycles. The Bertz CT molecular complexity index is 1070. The Morgan fingerprint density at radius 3 is 2.85 bits per heavy atom. The predicted octanol–water partition coefficient (Wildman–Crippen LogP) is 1.29. The van der Waals surface area contributed by atoms with Crippen molar-refractivity contribution >= 4 is 20.0 Å². The molecule has 1 saturated heterocycles. The summed E-state index contributed by atoms with van der Waals surface area (Å²) in [5.41, 5.74) is 4.87. The van der Waals surface area contributed by atoms with Crippen LogP contribution in [0.5, 0.6) is 5.75 Å². The van der Waals surface area contributed by atoms with Gasteiger partial charge in [-0.05, 0) is 25.1 Å². The highest BCUT2D eigenvalue weighted by Gasteiger charge is 2.37. The van der Waals surface area contributed by atoms with E-state index in [0.29, 0.717) is 5.75 Å². The zero-order valence-electron chi connectivity index (χ0n) is 18.5. The lowest BCUT2D eigenvalue weighted by Crippen LogP contribution is -2.38. The fourth-order valence-electron chi connectivity index (χ4n) is 3.12. The lowest BCUT2D eigenvalue weighted by molar-refractivity contribution is -0.153. The van der Waals surface area contributed by atoms with Crippen molar-refractivity contribution in [2.75, 3.05) is 18.9 Å². The van der Waals surface area contributed by atoms with Crippen LogP contribution in [0.15, 0.2) is 60.0 Å². The maximum Gasteiger partial charge on any atom is 0.351 e. The number of hydrogen-bond donors (Lipinski definition) is 2. The monoisotopic (exact) mass is 494 g/mol. The number of aliphatic hydroxyl groups excluding tert-OH is 1. The highest BCUT2D eigenvalue weighted by molar-refractivity contribution is 7.36. The summed E-state index contributed by atoms with van der Waals surface area (Å²) in [7, 11) is -3.15. The molecule has 2 unspecified atom stereocenters. The predicted molar refractivity (Wildman–Crippen MR) is 122 cm³/mol. The highest BCUT2D eigenvalue weighted by Crippen LogP contribution is 2.35. The first kappa shape index (κ1) is 25.6. The molecule has 5 atom stereocenters. The van der Waals surface area contributed by atoms with Gasteiger partial charge in [-0.15, -0.1) is 0 Å². The SMILES string of the molecule is C=CCOC(=O)C(C)N(Oc1ccccc1)[PH](=O)OC[C@H]1O[C@@H](n2ccc(N)nc2=O)C[C@@H]1O. The average molecular weight is 494 g/mol. The Hall–Kier alpha value is -3.02. The molecule has 3 rings (SSSR count). The molecule has 0 radical (unpaired) electrons. The molecule has 1 aromatic heterocycles. The number of hydroxylamine groups is 1. The number of anilines is 1. The van der Waals surface area contributed by atoms with Gasteiger partial charge in [-0.1, -0.05) is 35.7 Å². The van der Waals surface area contributed by atoms with E-state index in [1.54, 1.807) is 30.3 Å². The van der Waals surface area contributed by atoms with Crippen LogP contribution in [0.3, 0.4) is 0 Å². The van der Waals surface area contributed by atoms with Crippen molar-refractivity contribution in [2.45, 2.75) is 37.8 Å². The second-order valence-electron chi connectivity index (χ2n) is 7.38. The summed E-state index contributed by atoms with van der Waals surface area (Å²) in [6.45, 7) is 4.64. The smallest absolute Gasteiger partial charge is 0.351 e. The molecule has 0 amide bonds. The van der Waals surface area contributed by atoms with E-state index in [1.807, 2.05) is 0 Å². The molecule has 2 aromatic rings. The fraction of sp³-hybridized carbons (Fsp3) is 0.381. The summed E-state index contributed by atoms with van der Waals surface area (Å²) in [6.07, 6.45) is 0.238. The third kappa shape index (κ3) is 6.52. The summed E-state index contributed by atoms with van der Waals surface area (Å²) < 4.78 is 30.4. The Kier molecular flexibility index (Phi) is 8.97. The van der Waals surface area contributed by atoms with Crippen molar-refractivity contribution < 1.29 is 33.3 Å². The molecule has 0 bridgehead atoms. The number of ether oxygens (including phenoxy) is 2. The van der Waals surface area contributed by atoms with E-state index in [9.17, 15) is 19.3 Å². The molecular formula is C21H27N4O8P. The van der Waals surface area contributed by atoms with E-state index < -0.39 is 44.3 Å². The van der Waals surface area contributed by atoms with Crippen LogP contribution < -0.4 is 16.3 Å². The average Bonchev–Trinajstić information content (AvgIpc) is 3.19. The quantitative estimate of drug-likeness (QED) is 0.201. The Morgan fingerprint density at radius 1 is 1.44 bits per heavy atom. The summed E-state index contributed by atoms with van der Waals surface area (Å²) in [5, 5.41) is 10.4. The zero-order valence-corrected chi connectivity index (χ0v) is 19.5. The maximum atomic E-state index is 13.0. The molecule has 13 heteroatoms. The summed E-state index contributed by atoms with van der Waals surface area (Å²) in [5.74, 6) is -0.289. The summed E-state index contributed by atoms with van der Waals surface area (Å²) in [6, 6.07) is 8.80. The summed E-state index contributed by atoms with van der Waals surface area (Å²) in [4.78, 5) is 34.6. The number of carbonyl (C=O) groups is 1. The molecule has 34 heavy (non-hydrogen) atoms. The number of rotatable bonds is 11. The number of nitrogens with zero attached hydrogens (tertiary/aromatic N) is 3.